The first kappa shape index (κ1) is 83.5. The quantitative estimate of drug-likeness (QED) is 0.0225. The van der Waals surface area contributed by atoms with Gasteiger partial charge < -0.3 is 112 Å². The predicted octanol–water partition coefficient (Wildman–Crippen LogP) is -6.19. The number of carbonyl (C=O) groups excluding carboxylic acids is 8. The highest BCUT2D eigenvalue weighted by molar-refractivity contribution is 5.98. The summed E-state index contributed by atoms with van der Waals surface area (Å²) in [5, 5.41) is 55.5. The second-order valence-electron chi connectivity index (χ2n) is 20.6. The number of aliphatic hydroxyl groups excluding tert-OH is 1. The number of carboxylic acid groups (broad SMARTS) is 4. The fourth-order valence-corrected chi connectivity index (χ4v) is 9.55. The van der Waals surface area contributed by atoms with Gasteiger partial charge in [0.15, 0.2) is 11.9 Å². The summed E-state index contributed by atoms with van der Waals surface area (Å²) in [4.78, 5) is 161. The number of aliphatic hydroxyl groups is 1. The number of amides is 8. The fraction of sp³-hybridized carbons (Fsp3) is 0.536. The van der Waals surface area contributed by atoms with Gasteiger partial charge in [-0.1, -0.05) is 60.7 Å². The lowest BCUT2D eigenvalue weighted by atomic mass is 10.0. The van der Waals surface area contributed by atoms with Gasteiger partial charge in [0, 0.05) is 66.3 Å². The van der Waals surface area contributed by atoms with Crippen LogP contribution in [0.25, 0.3) is 0 Å². The van der Waals surface area contributed by atoms with E-state index in [1.165, 1.54) is 14.7 Å². The van der Waals surface area contributed by atoms with E-state index in [0.29, 0.717) is 69.2 Å². The average Bonchev–Trinajstić information content (AvgIpc) is 1.74. The van der Waals surface area contributed by atoms with Crippen molar-refractivity contribution in [3.63, 3.8) is 0 Å². The summed E-state index contributed by atoms with van der Waals surface area (Å²) >= 11 is 0. The monoisotopic (exact) mass is 1290 g/mol. The van der Waals surface area contributed by atoms with Crippen LogP contribution >= 0.6 is 0 Å². The van der Waals surface area contributed by atoms with Gasteiger partial charge in [0.05, 0.1) is 19.2 Å². The molecule has 0 radical (unpaired) electrons. The van der Waals surface area contributed by atoms with E-state index >= 15 is 0 Å². The summed E-state index contributed by atoms with van der Waals surface area (Å²) in [5.41, 5.74) is 29.0. The number of carboxylic acids is 4. The standard InChI is InChI=1S/C50H73N15O11.3C2H4O2.3H2O/c51-32(16-7-21-56-49(52)53)45(72)65-25-11-20-39(65)47(74)64-24-9-18-37(64)43(70)58-28-40(67)59-34(26-30-12-3-1-4-13-30)41(68)62-36(29-66)46(73)63-23-10-19-38(63)44(71)61-35(27-31-14-5-2-6-15-31)42(69)60-33(48(75)76)17-8-22-57-50(54)55;3*1-2(3)4;;;/h1-6,12-15,32-39,66H,7-11,16-29,51H2,(H,58,70)(H,59,67)(H,60,69)(H,61,71)(H,62,68)(H,75,76)(H4,52,53,56)(H4,54,55,57);3*1H3,(H,3,4);3*1H2/t32-,33-,34-,35-,36-,37-,38-,39?;;;;;;/m0....../s1. The van der Waals surface area contributed by atoms with Crippen LogP contribution in [0.1, 0.15) is 96.1 Å². The Kier molecular flexibility index (Phi) is 40.3. The van der Waals surface area contributed by atoms with Gasteiger partial charge >= 0.3 is 5.97 Å². The van der Waals surface area contributed by atoms with Crippen LogP contribution in [0.3, 0.4) is 0 Å². The van der Waals surface area contributed by atoms with Crippen LogP contribution in [0.15, 0.2) is 70.6 Å². The van der Waals surface area contributed by atoms with Gasteiger partial charge in [-0.25, -0.2) is 4.79 Å². The smallest absolute Gasteiger partial charge is 0.326 e. The van der Waals surface area contributed by atoms with E-state index in [4.69, 9.17) is 58.4 Å². The van der Waals surface area contributed by atoms with Crippen molar-refractivity contribution in [3.8, 4) is 0 Å². The Morgan fingerprint density at radius 3 is 1.36 bits per heavy atom. The molecule has 0 saturated carbocycles. The van der Waals surface area contributed by atoms with E-state index < -0.39 is 127 Å². The molecule has 0 aromatic heterocycles. The summed E-state index contributed by atoms with van der Waals surface area (Å²) < 4.78 is 0. The molecule has 510 valence electrons. The van der Waals surface area contributed by atoms with Crippen molar-refractivity contribution in [1.29, 1.82) is 0 Å². The zero-order chi connectivity index (χ0) is 66.0. The number of nitrogens with zero attached hydrogens (tertiary/aromatic N) is 5. The Labute approximate surface area is 524 Å². The molecule has 3 aliphatic rings. The van der Waals surface area contributed by atoms with Gasteiger partial charge in [0.25, 0.3) is 17.9 Å². The van der Waals surface area contributed by atoms with E-state index in [-0.39, 0.29) is 86.0 Å². The lowest BCUT2D eigenvalue weighted by molar-refractivity contribution is -0.147. The number of aliphatic imine (C=N–C) groups is 2. The number of guanidine groups is 2. The molecule has 8 amide bonds. The van der Waals surface area contributed by atoms with Gasteiger partial charge in [-0.2, -0.15) is 0 Å². The number of carbonyl (C=O) groups is 12. The molecular formula is C56H91N15O20. The third kappa shape index (κ3) is 31.4. The molecule has 0 spiro atoms. The highest BCUT2D eigenvalue weighted by atomic mass is 16.4. The van der Waals surface area contributed by atoms with Crippen LogP contribution in [0.4, 0.5) is 0 Å². The van der Waals surface area contributed by atoms with Gasteiger partial charge in [-0.3, -0.25) is 62.7 Å². The summed E-state index contributed by atoms with van der Waals surface area (Å²) in [6, 6.07) is 8.00. The topological polar surface area (TPSA) is 625 Å². The number of aliphatic carboxylic acids is 4. The Hall–Kier alpha value is -9.58. The predicted molar refractivity (Wildman–Crippen MR) is 329 cm³/mol. The average molecular weight is 1290 g/mol. The van der Waals surface area contributed by atoms with E-state index in [9.17, 15) is 53.4 Å². The van der Waals surface area contributed by atoms with Crippen molar-refractivity contribution in [3.05, 3.63) is 71.8 Å². The summed E-state index contributed by atoms with van der Waals surface area (Å²) in [6.45, 7) is 2.81. The number of nitrogens with two attached hydrogens (primary N) is 5. The SMILES string of the molecule is CC(=O)O.CC(=O)O.CC(=O)O.NC(N)=NCCC[C@H](NC(=O)[C@H](Cc1ccccc1)NC(=O)[C@@H]1CCCN1C(=O)[C@H](CO)NC(=O)[C@H](Cc1ccccc1)NC(=O)CNC(=O)[C@@H]1CCCN1C(=O)C1CCCN1C(=O)[C@@H](N)CCCN=C(N)N)C(=O)O.O.O.O. The Balaban J connectivity index is 0. The minimum absolute atomic E-state index is 0. The van der Waals surface area contributed by atoms with E-state index in [1.54, 1.807) is 60.7 Å². The number of hydrogen-bond donors (Lipinski definition) is 15. The normalized spacial score (nSPS) is 16.7. The number of likely N-dealkylation sites (tertiary alicyclic amines) is 3. The second kappa shape index (κ2) is 44.0. The largest absolute Gasteiger partial charge is 0.481 e. The molecule has 5 rings (SSSR count). The van der Waals surface area contributed by atoms with Gasteiger partial charge in [0.1, 0.15) is 42.3 Å². The molecule has 35 heteroatoms. The molecule has 3 saturated heterocycles. The molecule has 1 unspecified atom stereocenters. The van der Waals surface area contributed by atoms with Crippen molar-refractivity contribution in [1.82, 2.24) is 41.3 Å². The highest BCUT2D eigenvalue weighted by Gasteiger charge is 2.44. The molecular weight excluding hydrogens is 1200 g/mol. The maximum absolute atomic E-state index is 14.1. The van der Waals surface area contributed by atoms with Crippen LogP contribution in [0.5, 0.6) is 0 Å². The molecule has 0 aliphatic carbocycles. The van der Waals surface area contributed by atoms with Crippen LogP contribution < -0.4 is 55.3 Å². The zero-order valence-electron chi connectivity index (χ0n) is 51.1. The number of nitrogens with one attached hydrogen (secondary N) is 5. The number of hydrogen-bond acceptors (Lipinski definition) is 16. The molecule has 8 atom stereocenters. The number of benzene rings is 2. The zero-order valence-corrected chi connectivity index (χ0v) is 51.1. The van der Waals surface area contributed by atoms with Crippen molar-refractivity contribution in [2.45, 2.75) is 146 Å². The van der Waals surface area contributed by atoms with Crippen LogP contribution in [0.2, 0.25) is 0 Å². The van der Waals surface area contributed by atoms with Crippen molar-refractivity contribution >= 4 is 83.1 Å². The fourth-order valence-electron chi connectivity index (χ4n) is 9.55. The lowest BCUT2D eigenvalue weighted by Crippen LogP contribution is -2.60. The lowest BCUT2D eigenvalue weighted by Gasteiger charge is -2.32. The first-order valence-corrected chi connectivity index (χ1v) is 28.3. The van der Waals surface area contributed by atoms with Crippen molar-refractivity contribution < 1.29 is 99.5 Å². The van der Waals surface area contributed by atoms with Gasteiger partial charge in [-0.05, 0) is 75.3 Å². The number of rotatable bonds is 27. The van der Waals surface area contributed by atoms with Crippen molar-refractivity contribution in [2.24, 2.45) is 38.7 Å². The Morgan fingerprint density at radius 1 is 0.527 bits per heavy atom. The highest BCUT2D eigenvalue weighted by Crippen LogP contribution is 2.26. The van der Waals surface area contributed by atoms with Crippen LogP contribution in [-0.4, -0.2) is 234 Å². The summed E-state index contributed by atoms with van der Waals surface area (Å²) in [5.74, 6) is -9.43. The maximum Gasteiger partial charge on any atom is 0.326 e. The molecule has 3 aliphatic heterocycles. The van der Waals surface area contributed by atoms with Gasteiger partial charge in [0.2, 0.25) is 47.3 Å². The first-order chi connectivity index (χ1) is 41.6. The summed E-state index contributed by atoms with van der Waals surface area (Å²) in [7, 11) is 0. The Morgan fingerprint density at radius 2 is 0.923 bits per heavy atom. The van der Waals surface area contributed by atoms with Crippen molar-refractivity contribution in [2.75, 3.05) is 45.9 Å². The molecule has 2 aromatic rings. The molecule has 3 heterocycles. The second-order valence-corrected chi connectivity index (χ2v) is 20.6. The molecule has 0 bridgehead atoms. The van der Waals surface area contributed by atoms with E-state index in [0.717, 1.165) is 20.8 Å². The molecule has 3 fully saturated rings. The third-order valence-corrected chi connectivity index (χ3v) is 13.4. The van der Waals surface area contributed by atoms with Crippen LogP contribution in [-0.2, 0) is 70.4 Å². The van der Waals surface area contributed by atoms with E-state index in [1.807, 2.05) is 0 Å². The minimum Gasteiger partial charge on any atom is -0.481 e. The van der Waals surface area contributed by atoms with E-state index in [2.05, 4.69) is 36.6 Å². The maximum atomic E-state index is 14.1. The molecule has 91 heavy (non-hydrogen) atoms. The third-order valence-electron chi connectivity index (χ3n) is 13.4. The van der Waals surface area contributed by atoms with Gasteiger partial charge in [-0.15, -0.1) is 0 Å². The minimum atomic E-state index is -1.59. The first-order valence-electron chi connectivity index (χ1n) is 28.3. The Bertz CT molecular complexity index is 2700. The summed E-state index contributed by atoms with van der Waals surface area (Å²) in [6.07, 6.45) is 3.13. The molecule has 35 nitrogen and oxygen atoms in total. The molecule has 26 N–H and O–H groups in total. The molecule has 2 aromatic carbocycles. The van der Waals surface area contributed by atoms with Crippen LogP contribution in [0, 0.1) is 0 Å².